The first kappa shape index (κ1) is 14.2. The monoisotopic (exact) mass is 282 g/mol. The summed E-state index contributed by atoms with van der Waals surface area (Å²) in [5.41, 5.74) is -0.621. The van der Waals surface area contributed by atoms with Crippen LogP contribution in [0.3, 0.4) is 0 Å². The third-order valence-electron chi connectivity index (χ3n) is 2.88. The van der Waals surface area contributed by atoms with Gasteiger partial charge in [0.1, 0.15) is 5.82 Å². The molecule has 0 aliphatic heterocycles. The first-order valence-electron chi connectivity index (χ1n) is 5.77. The van der Waals surface area contributed by atoms with Gasteiger partial charge in [-0.15, -0.1) is 0 Å². The second-order valence-electron chi connectivity index (χ2n) is 4.32. The zero-order chi connectivity index (χ0) is 14.9. The van der Waals surface area contributed by atoms with Crippen LogP contribution in [0.5, 0.6) is 0 Å². The minimum atomic E-state index is -4.61. The lowest BCUT2D eigenvalue weighted by Crippen LogP contribution is -2.11. The number of carbonyl (C=O) groups excluding carboxylic acids is 1. The Balaban J connectivity index is 2.58. The largest absolute Gasteiger partial charge is 0.417 e. The van der Waals surface area contributed by atoms with Crippen LogP contribution >= 0.6 is 0 Å². The number of hydrogen-bond donors (Lipinski definition) is 0. The molecule has 0 aliphatic carbocycles. The molecule has 1 nitrogen and oxygen atoms in total. The van der Waals surface area contributed by atoms with Gasteiger partial charge in [-0.05, 0) is 36.2 Å². The van der Waals surface area contributed by atoms with Crippen molar-refractivity contribution in [2.45, 2.75) is 13.1 Å². The van der Waals surface area contributed by atoms with Gasteiger partial charge in [-0.2, -0.15) is 13.2 Å². The van der Waals surface area contributed by atoms with Crippen LogP contribution in [0.2, 0.25) is 0 Å². The van der Waals surface area contributed by atoms with Crippen molar-refractivity contribution < 1.29 is 22.4 Å². The molecule has 0 aromatic heterocycles. The lowest BCUT2D eigenvalue weighted by atomic mass is 9.97. The fourth-order valence-corrected chi connectivity index (χ4v) is 1.91. The molecule has 0 spiro atoms. The zero-order valence-electron chi connectivity index (χ0n) is 10.5. The number of alkyl halides is 3. The second-order valence-corrected chi connectivity index (χ2v) is 4.32. The maximum Gasteiger partial charge on any atom is 0.417 e. The van der Waals surface area contributed by atoms with Gasteiger partial charge < -0.3 is 0 Å². The van der Waals surface area contributed by atoms with Gasteiger partial charge in [0, 0.05) is 5.56 Å². The average molecular weight is 282 g/mol. The van der Waals surface area contributed by atoms with E-state index in [0.717, 1.165) is 19.1 Å². The third-order valence-corrected chi connectivity index (χ3v) is 2.88. The molecule has 2 aromatic rings. The summed E-state index contributed by atoms with van der Waals surface area (Å²) in [7, 11) is 0. The summed E-state index contributed by atoms with van der Waals surface area (Å²) in [4.78, 5) is 11.3. The lowest BCUT2D eigenvalue weighted by Gasteiger charge is -2.13. The highest BCUT2D eigenvalue weighted by Crippen LogP contribution is 2.35. The molecule has 5 heteroatoms. The molecule has 0 heterocycles. The first-order valence-corrected chi connectivity index (χ1v) is 5.77. The van der Waals surface area contributed by atoms with Crippen molar-refractivity contribution in [2.24, 2.45) is 0 Å². The van der Waals surface area contributed by atoms with Crippen LogP contribution < -0.4 is 0 Å². The highest BCUT2D eigenvalue weighted by atomic mass is 19.4. The molecule has 0 radical (unpaired) electrons. The van der Waals surface area contributed by atoms with Crippen molar-refractivity contribution in [3.05, 3.63) is 59.4 Å². The Labute approximate surface area is 112 Å². The molecule has 0 bridgehead atoms. The molecule has 0 atom stereocenters. The third kappa shape index (κ3) is 2.87. The molecule has 0 amide bonds. The predicted molar refractivity (Wildman–Crippen MR) is 66.8 cm³/mol. The standard InChI is InChI=1S/C15H10F4O/c1-9(20)13-7-4-11(8-14(13)15(17,18)19)10-2-5-12(16)6-3-10/h2-8H,1H3. The van der Waals surface area contributed by atoms with Crippen LogP contribution in [0.1, 0.15) is 22.8 Å². The Morgan fingerprint density at radius 1 is 0.950 bits per heavy atom. The van der Waals surface area contributed by atoms with E-state index in [1.807, 2.05) is 0 Å². The van der Waals surface area contributed by atoms with E-state index in [1.54, 1.807) is 0 Å². The van der Waals surface area contributed by atoms with Crippen LogP contribution in [0, 0.1) is 5.82 Å². The number of rotatable bonds is 2. The van der Waals surface area contributed by atoms with Crippen LogP contribution in [0.4, 0.5) is 17.6 Å². The van der Waals surface area contributed by atoms with Gasteiger partial charge in [-0.3, -0.25) is 4.79 Å². The fraction of sp³-hybridized carbons (Fsp3) is 0.133. The van der Waals surface area contributed by atoms with E-state index in [-0.39, 0.29) is 11.1 Å². The fourth-order valence-electron chi connectivity index (χ4n) is 1.91. The van der Waals surface area contributed by atoms with E-state index in [2.05, 4.69) is 0 Å². The quantitative estimate of drug-likeness (QED) is 0.575. The topological polar surface area (TPSA) is 17.1 Å². The van der Waals surface area contributed by atoms with E-state index < -0.39 is 23.3 Å². The summed E-state index contributed by atoms with van der Waals surface area (Å²) in [5, 5.41) is 0. The van der Waals surface area contributed by atoms with E-state index in [0.29, 0.717) is 5.56 Å². The molecule has 2 aromatic carbocycles. The number of benzene rings is 2. The van der Waals surface area contributed by atoms with Gasteiger partial charge in [0.25, 0.3) is 0 Å². The Morgan fingerprint density at radius 3 is 2.00 bits per heavy atom. The molecule has 0 saturated heterocycles. The van der Waals surface area contributed by atoms with Crippen molar-refractivity contribution in [1.82, 2.24) is 0 Å². The van der Waals surface area contributed by atoms with Crippen molar-refractivity contribution in [3.8, 4) is 11.1 Å². The van der Waals surface area contributed by atoms with Crippen molar-refractivity contribution in [2.75, 3.05) is 0 Å². The highest BCUT2D eigenvalue weighted by molar-refractivity contribution is 5.96. The van der Waals surface area contributed by atoms with E-state index in [4.69, 9.17) is 0 Å². The van der Waals surface area contributed by atoms with Gasteiger partial charge in [0.05, 0.1) is 5.56 Å². The Bertz CT molecular complexity index is 642. The van der Waals surface area contributed by atoms with E-state index in [1.165, 1.54) is 30.3 Å². The number of carbonyl (C=O) groups is 1. The smallest absolute Gasteiger partial charge is 0.294 e. The molecule has 2 rings (SSSR count). The number of Topliss-reactive ketones (excluding diaryl/α,β-unsaturated/α-hetero) is 1. The van der Waals surface area contributed by atoms with Crippen LogP contribution in [-0.2, 0) is 6.18 Å². The number of ketones is 1. The summed E-state index contributed by atoms with van der Waals surface area (Å²) in [5.74, 6) is -1.12. The van der Waals surface area contributed by atoms with E-state index in [9.17, 15) is 22.4 Å². The van der Waals surface area contributed by atoms with Gasteiger partial charge in [-0.1, -0.05) is 24.3 Å². The lowest BCUT2D eigenvalue weighted by molar-refractivity contribution is -0.137. The molecular formula is C15H10F4O. The van der Waals surface area contributed by atoms with Crippen LogP contribution in [0.25, 0.3) is 11.1 Å². The average Bonchev–Trinajstić information content (AvgIpc) is 2.38. The normalized spacial score (nSPS) is 11.4. The molecule has 0 N–H and O–H groups in total. The number of halogens is 4. The summed E-state index contributed by atoms with van der Waals surface area (Å²) in [6, 6.07) is 8.58. The van der Waals surface area contributed by atoms with Crippen LogP contribution in [-0.4, -0.2) is 5.78 Å². The van der Waals surface area contributed by atoms with Crippen molar-refractivity contribution in [1.29, 1.82) is 0 Å². The highest BCUT2D eigenvalue weighted by Gasteiger charge is 2.34. The Hall–Kier alpha value is -2.17. The van der Waals surface area contributed by atoms with Gasteiger partial charge >= 0.3 is 6.18 Å². The van der Waals surface area contributed by atoms with Crippen molar-refractivity contribution >= 4 is 5.78 Å². The summed E-state index contributed by atoms with van der Waals surface area (Å²) < 4.78 is 51.7. The molecular weight excluding hydrogens is 272 g/mol. The van der Waals surface area contributed by atoms with Crippen LogP contribution in [0.15, 0.2) is 42.5 Å². The molecule has 20 heavy (non-hydrogen) atoms. The minimum absolute atomic E-state index is 0.280. The zero-order valence-corrected chi connectivity index (χ0v) is 10.5. The first-order chi connectivity index (χ1) is 9.29. The maximum absolute atomic E-state index is 13.0. The number of hydrogen-bond acceptors (Lipinski definition) is 1. The maximum atomic E-state index is 13.0. The summed E-state index contributed by atoms with van der Waals surface area (Å²) in [6.45, 7) is 1.09. The summed E-state index contributed by atoms with van der Waals surface area (Å²) in [6.07, 6.45) is -4.61. The van der Waals surface area contributed by atoms with Gasteiger partial charge in [0.15, 0.2) is 5.78 Å². The van der Waals surface area contributed by atoms with Gasteiger partial charge in [-0.25, -0.2) is 4.39 Å². The van der Waals surface area contributed by atoms with E-state index >= 15 is 0 Å². The SMILES string of the molecule is CC(=O)c1ccc(-c2ccc(F)cc2)cc1C(F)(F)F. The molecule has 0 fully saturated rings. The molecule has 0 unspecified atom stereocenters. The molecule has 0 aliphatic rings. The Morgan fingerprint density at radius 2 is 1.50 bits per heavy atom. The molecule has 0 saturated carbocycles. The summed E-state index contributed by atoms with van der Waals surface area (Å²) >= 11 is 0. The van der Waals surface area contributed by atoms with Crippen molar-refractivity contribution in [3.63, 3.8) is 0 Å². The Kier molecular flexibility index (Phi) is 3.61. The predicted octanol–water partition coefficient (Wildman–Crippen LogP) is 4.71. The molecule has 104 valence electrons. The second kappa shape index (κ2) is 5.07. The van der Waals surface area contributed by atoms with Gasteiger partial charge in [0.2, 0.25) is 0 Å². The minimum Gasteiger partial charge on any atom is -0.294 e.